The minimum Gasteiger partial charge on any atom is -0.317 e. The molecule has 1 aromatic heterocycles. The molecule has 83 valence electrons. The van der Waals surface area contributed by atoms with Crippen LogP contribution in [-0.2, 0) is 9.84 Å². The van der Waals surface area contributed by atoms with Gasteiger partial charge in [-0.05, 0) is 19.1 Å². The van der Waals surface area contributed by atoms with Crippen LogP contribution in [0.25, 0.3) is 0 Å². The zero-order valence-corrected chi connectivity index (χ0v) is 9.55. The van der Waals surface area contributed by atoms with Crippen LogP contribution in [0.1, 0.15) is 5.56 Å². The van der Waals surface area contributed by atoms with Gasteiger partial charge in [0.2, 0.25) is 9.84 Å². The highest BCUT2D eigenvalue weighted by Gasteiger charge is 2.15. The lowest BCUT2D eigenvalue weighted by atomic mass is 10.2. The summed E-state index contributed by atoms with van der Waals surface area (Å²) in [6, 6.07) is 6.74. The third-order valence-electron chi connectivity index (χ3n) is 2.13. The molecule has 0 aliphatic rings. The number of hydrogen-bond acceptors (Lipinski definition) is 3. The lowest BCUT2D eigenvalue weighted by Crippen LogP contribution is -2.07. The van der Waals surface area contributed by atoms with Crippen molar-refractivity contribution in [2.75, 3.05) is 0 Å². The maximum absolute atomic E-state index is 11.9. The predicted octanol–water partition coefficient (Wildman–Crippen LogP) is 1.63. The van der Waals surface area contributed by atoms with Crippen LogP contribution in [0.15, 0.2) is 47.9 Å². The van der Waals surface area contributed by atoms with Gasteiger partial charge in [-0.2, -0.15) is 0 Å². The van der Waals surface area contributed by atoms with E-state index < -0.39 is 9.84 Å². The van der Waals surface area contributed by atoms with Crippen LogP contribution in [0.2, 0.25) is 0 Å². The van der Waals surface area contributed by atoms with E-state index in [1.54, 1.807) is 30.5 Å². The summed E-state index contributed by atoms with van der Waals surface area (Å²) < 4.78 is 25.2. The van der Waals surface area contributed by atoms with Crippen LogP contribution in [0.3, 0.4) is 0 Å². The molecule has 2 aromatic rings. The van der Waals surface area contributed by atoms with Crippen LogP contribution < -0.4 is 0 Å². The van der Waals surface area contributed by atoms with E-state index in [-0.39, 0.29) is 4.90 Å². The summed E-state index contributed by atoms with van der Waals surface area (Å²) in [5.74, 6) is 1.14. The molecule has 1 aromatic carbocycles. The minimum atomic E-state index is -3.40. The highest BCUT2D eigenvalue weighted by atomic mass is 32.2. The maximum atomic E-state index is 11.9. The largest absolute Gasteiger partial charge is 0.317 e. The maximum Gasteiger partial charge on any atom is 0.202 e. The topological polar surface area (TPSA) is 52.0 Å². The van der Waals surface area contributed by atoms with Crippen molar-refractivity contribution in [2.24, 2.45) is 0 Å². The Bertz CT molecular complexity index is 557. The molecule has 0 saturated heterocycles. The van der Waals surface area contributed by atoms with Crippen molar-refractivity contribution >= 4 is 9.84 Å². The Balaban J connectivity index is 2.29. The van der Waals surface area contributed by atoms with E-state index in [4.69, 9.17) is 0 Å². The average Bonchev–Trinajstić information content (AvgIpc) is 2.70. The Kier molecular flexibility index (Phi) is 2.78. The third-order valence-corrected chi connectivity index (χ3v) is 3.59. The fraction of sp³-hybridized carbons (Fsp3) is 0.0909. The smallest absolute Gasteiger partial charge is 0.202 e. The number of sulfone groups is 1. The van der Waals surface area contributed by atoms with E-state index in [2.05, 4.69) is 4.98 Å². The molecule has 0 aliphatic heterocycles. The van der Waals surface area contributed by atoms with Gasteiger partial charge in [-0.25, -0.2) is 13.4 Å². The second-order valence-electron chi connectivity index (χ2n) is 3.47. The van der Waals surface area contributed by atoms with Gasteiger partial charge in [-0.1, -0.05) is 17.7 Å². The molecule has 0 saturated carbocycles. The molecule has 0 bridgehead atoms. The predicted molar refractivity (Wildman–Crippen MR) is 60.3 cm³/mol. The number of imidazole rings is 1. The number of hydrogen-bond donors (Lipinski definition) is 0. The van der Waals surface area contributed by atoms with Gasteiger partial charge in [-0.15, -0.1) is 0 Å². The molecule has 4 nitrogen and oxygen atoms in total. The van der Waals surface area contributed by atoms with Crippen molar-refractivity contribution < 1.29 is 8.42 Å². The van der Waals surface area contributed by atoms with E-state index in [9.17, 15) is 8.42 Å². The Morgan fingerprint density at radius 3 is 2.50 bits per heavy atom. The van der Waals surface area contributed by atoms with Crippen molar-refractivity contribution in [2.45, 2.75) is 11.8 Å². The standard InChI is InChI=1S/C11H11N2O2S/c1-10-2-4-11(5-3-10)16(14,15)9-13-7-6-12-8-13/h2-9H,1H3. The number of nitrogens with zero attached hydrogens (tertiary/aromatic N) is 2. The van der Waals surface area contributed by atoms with Crippen LogP contribution in [-0.4, -0.2) is 18.0 Å². The SMILES string of the molecule is Cc1ccc(S(=O)(=O)[CH]n2ccnc2)cc1. The van der Waals surface area contributed by atoms with E-state index in [1.165, 1.54) is 17.1 Å². The average molecular weight is 235 g/mol. The van der Waals surface area contributed by atoms with Crippen LogP contribution in [0.4, 0.5) is 0 Å². The molecule has 16 heavy (non-hydrogen) atoms. The van der Waals surface area contributed by atoms with Crippen LogP contribution in [0.5, 0.6) is 0 Å². The summed E-state index contributed by atoms with van der Waals surface area (Å²) in [4.78, 5) is 4.07. The molecule has 0 unspecified atom stereocenters. The van der Waals surface area contributed by atoms with Gasteiger partial charge in [0, 0.05) is 12.4 Å². The normalized spacial score (nSPS) is 11.6. The first kappa shape index (κ1) is 10.9. The lowest BCUT2D eigenvalue weighted by Gasteiger charge is -2.04. The van der Waals surface area contributed by atoms with Crippen molar-refractivity contribution in [3.8, 4) is 0 Å². The number of benzene rings is 1. The van der Waals surface area contributed by atoms with Gasteiger partial charge in [0.25, 0.3) is 0 Å². The highest BCUT2D eigenvalue weighted by Crippen LogP contribution is 2.14. The van der Waals surface area contributed by atoms with Gasteiger partial charge in [0.05, 0.1) is 11.2 Å². The molecule has 2 rings (SSSR count). The molecular formula is C11H11N2O2S. The Morgan fingerprint density at radius 2 is 1.94 bits per heavy atom. The monoisotopic (exact) mass is 235 g/mol. The Hall–Kier alpha value is -1.62. The van der Waals surface area contributed by atoms with Crippen molar-refractivity contribution in [3.63, 3.8) is 0 Å². The number of rotatable bonds is 3. The molecule has 0 N–H and O–H groups in total. The summed E-state index contributed by atoms with van der Waals surface area (Å²) >= 11 is 0. The quantitative estimate of drug-likeness (QED) is 0.812. The highest BCUT2D eigenvalue weighted by molar-refractivity contribution is 7.93. The van der Waals surface area contributed by atoms with E-state index in [1.807, 2.05) is 6.92 Å². The first-order valence-corrected chi connectivity index (χ1v) is 6.27. The summed E-state index contributed by atoms with van der Waals surface area (Å²) in [5, 5.41) is 0. The molecule has 0 amide bonds. The first-order valence-electron chi connectivity index (χ1n) is 4.72. The zero-order chi connectivity index (χ0) is 11.6. The summed E-state index contributed by atoms with van der Waals surface area (Å²) in [7, 11) is -3.40. The second kappa shape index (κ2) is 4.09. The van der Waals surface area contributed by atoms with Gasteiger partial charge in [0.15, 0.2) is 5.88 Å². The van der Waals surface area contributed by atoms with Gasteiger partial charge in [0.1, 0.15) is 0 Å². The number of aromatic nitrogens is 2. The van der Waals surface area contributed by atoms with Crippen molar-refractivity contribution in [1.29, 1.82) is 0 Å². The second-order valence-corrected chi connectivity index (χ2v) is 5.25. The number of aryl methyl sites for hydroxylation is 1. The molecule has 0 atom stereocenters. The van der Waals surface area contributed by atoms with Crippen molar-refractivity contribution in [1.82, 2.24) is 9.55 Å². The fourth-order valence-corrected chi connectivity index (χ4v) is 2.36. The fourth-order valence-electron chi connectivity index (χ4n) is 1.28. The zero-order valence-electron chi connectivity index (χ0n) is 8.74. The van der Waals surface area contributed by atoms with E-state index in [0.717, 1.165) is 11.4 Å². The first-order chi connectivity index (χ1) is 7.58. The summed E-state index contributed by atoms with van der Waals surface area (Å²) in [6.07, 6.45) is 4.54. The molecule has 0 spiro atoms. The summed E-state index contributed by atoms with van der Waals surface area (Å²) in [5.41, 5.74) is 1.03. The minimum absolute atomic E-state index is 0.284. The van der Waals surface area contributed by atoms with Gasteiger partial charge >= 0.3 is 0 Å². The summed E-state index contributed by atoms with van der Waals surface area (Å²) in [6.45, 7) is 1.91. The van der Waals surface area contributed by atoms with Gasteiger partial charge in [-0.3, -0.25) is 0 Å². The molecule has 0 aliphatic carbocycles. The Morgan fingerprint density at radius 1 is 1.25 bits per heavy atom. The van der Waals surface area contributed by atoms with Crippen molar-refractivity contribution in [3.05, 3.63) is 54.4 Å². The van der Waals surface area contributed by atoms with E-state index >= 15 is 0 Å². The van der Waals surface area contributed by atoms with Crippen LogP contribution in [0, 0.1) is 12.8 Å². The molecule has 1 radical (unpaired) electrons. The molecule has 5 heteroatoms. The molecule has 0 fully saturated rings. The lowest BCUT2D eigenvalue weighted by molar-refractivity contribution is 0.598. The molecule has 1 heterocycles. The van der Waals surface area contributed by atoms with Gasteiger partial charge < -0.3 is 4.57 Å². The molecular weight excluding hydrogens is 224 g/mol. The van der Waals surface area contributed by atoms with E-state index in [0.29, 0.717) is 0 Å². The third kappa shape index (κ3) is 2.30. The Labute approximate surface area is 94.5 Å². The van der Waals surface area contributed by atoms with Crippen LogP contribution >= 0.6 is 0 Å².